The summed E-state index contributed by atoms with van der Waals surface area (Å²) in [4.78, 5) is 25.5. The van der Waals surface area contributed by atoms with Gasteiger partial charge in [-0.3, -0.25) is 0 Å². The highest BCUT2D eigenvalue weighted by molar-refractivity contribution is 6.29. The normalized spacial score (nSPS) is 28.3. The second-order valence-corrected chi connectivity index (χ2v) is 10.2. The summed E-state index contributed by atoms with van der Waals surface area (Å²) >= 11 is 7.60. The average Bonchev–Trinajstić information content (AvgIpc) is 3.06. The number of carbonyl (C=O) groups excluding carboxylic acids is 2. The molecule has 36 heavy (non-hydrogen) atoms. The Morgan fingerprint density at radius 1 is 0.611 bits per heavy atom. The van der Waals surface area contributed by atoms with E-state index in [0.717, 1.165) is 22.3 Å². The molecular formula is C31H21ClO4. The van der Waals surface area contributed by atoms with Crippen molar-refractivity contribution < 1.29 is 19.1 Å². The quantitative estimate of drug-likeness (QED) is 0.260. The molecule has 4 unspecified atom stereocenters. The predicted molar refractivity (Wildman–Crippen MR) is 135 cm³/mol. The first-order valence-corrected chi connectivity index (χ1v) is 12.4. The van der Waals surface area contributed by atoms with E-state index >= 15 is 0 Å². The van der Waals surface area contributed by atoms with Gasteiger partial charge < -0.3 is 9.47 Å². The van der Waals surface area contributed by atoms with E-state index in [1.807, 2.05) is 48.5 Å². The Bertz CT molecular complexity index is 1520. The van der Waals surface area contributed by atoms with Gasteiger partial charge in [-0.05, 0) is 46.5 Å². The van der Waals surface area contributed by atoms with Crippen LogP contribution >= 0.6 is 11.6 Å². The average molecular weight is 493 g/mol. The van der Waals surface area contributed by atoms with Crippen molar-refractivity contribution in [2.75, 3.05) is 0 Å². The summed E-state index contributed by atoms with van der Waals surface area (Å²) < 4.78 is 12.4. The number of carbonyl (C=O) groups is 2. The number of rotatable bonds is 4. The molecular weight excluding hydrogens is 472 g/mol. The zero-order chi connectivity index (χ0) is 24.5. The predicted octanol–water partition coefficient (Wildman–Crippen LogP) is 5.98. The number of alkyl halides is 1. The van der Waals surface area contributed by atoms with Gasteiger partial charge in [-0.2, -0.15) is 0 Å². The fourth-order valence-corrected chi connectivity index (χ4v) is 7.33. The zero-order valence-electron chi connectivity index (χ0n) is 19.1. The summed E-state index contributed by atoms with van der Waals surface area (Å²) in [7, 11) is 0. The lowest BCUT2D eigenvalue weighted by Crippen LogP contribution is -2.62. The molecule has 4 aromatic carbocycles. The van der Waals surface area contributed by atoms with Gasteiger partial charge in [-0.1, -0.05) is 84.9 Å². The Morgan fingerprint density at radius 3 is 1.75 bits per heavy atom. The van der Waals surface area contributed by atoms with Crippen LogP contribution in [0.5, 0.6) is 0 Å². The Balaban J connectivity index is 1.38. The third-order valence-electron chi connectivity index (χ3n) is 8.02. The van der Waals surface area contributed by atoms with E-state index in [2.05, 4.69) is 12.1 Å². The molecule has 7 rings (SSSR count). The Kier molecular flexibility index (Phi) is 4.49. The topological polar surface area (TPSA) is 52.6 Å². The molecule has 176 valence electrons. The molecule has 0 aliphatic heterocycles. The first-order chi connectivity index (χ1) is 17.6. The van der Waals surface area contributed by atoms with Crippen molar-refractivity contribution in [2.45, 2.75) is 28.4 Å². The number of hydrogen-bond donors (Lipinski definition) is 0. The summed E-state index contributed by atoms with van der Waals surface area (Å²) in [6.07, 6.45) is -1.64. The number of ether oxygens (including phenoxy) is 2. The lowest BCUT2D eigenvalue weighted by Gasteiger charge is -2.62. The summed E-state index contributed by atoms with van der Waals surface area (Å²) in [6.45, 7) is 0. The van der Waals surface area contributed by atoms with Gasteiger partial charge in [-0.15, -0.1) is 11.6 Å². The van der Waals surface area contributed by atoms with Crippen molar-refractivity contribution in [3.8, 4) is 0 Å². The van der Waals surface area contributed by atoms with E-state index in [9.17, 15) is 9.59 Å². The summed E-state index contributed by atoms with van der Waals surface area (Å²) in [5, 5.41) is 0. The first kappa shape index (κ1) is 21.4. The van der Waals surface area contributed by atoms with Crippen LogP contribution in [0.4, 0.5) is 0 Å². The number of benzene rings is 4. The van der Waals surface area contributed by atoms with Gasteiger partial charge in [0.2, 0.25) is 0 Å². The number of hydrogen-bond acceptors (Lipinski definition) is 4. The van der Waals surface area contributed by atoms with E-state index in [4.69, 9.17) is 21.1 Å². The molecule has 4 aromatic rings. The van der Waals surface area contributed by atoms with Crippen molar-refractivity contribution in [1.29, 1.82) is 0 Å². The maximum absolute atomic E-state index is 13.3. The van der Waals surface area contributed by atoms with Gasteiger partial charge in [0.25, 0.3) is 0 Å². The van der Waals surface area contributed by atoms with Crippen LogP contribution in [0.1, 0.15) is 48.9 Å². The van der Waals surface area contributed by atoms with Gasteiger partial charge >= 0.3 is 11.9 Å². The van der Waals surface area contributed by atoms with Crippen LogP contribution < -0.4 is 0 Å². The molecule has 3 aliphatic carbocycles. The molecule has 0 bridgehead atoms. The van der Waals surface area contributed by atoms with Gasteiger partial charge in [0.15, 0.2) is 6.10 Å². The van der Waals surface area contributed by atoms with Crippen molar-refractivity contribution in [3.63, 3.8) is 0 Å². The van der Waals surface area contributed by atoms with E-state index in [-0.39, 0.29) is 5.92 Å². The molecule has 3 aliphatic rings. The monoisotopic (exact) mass is 492 g/mol. The van der Waals surface area contributed by atoms with Gasteiger partial charge in [0, 0.05) is 5.92 Å². The highest BCUT2D eigenvalue weighted by Gasteiger charge is 2.83. The molecule has 1 saturated carbocycles. The number of fused-ring (bicyclic) bond motifs is 4. The first-order valence-electron chi connectivity index (χ1n) is 12.0. The molecule has 5 atom stereocenters. The minimum Gasteiger partial charge on any atom is -0.454 e. The molecule has 4 nitrogen and oxygen atoms in total. The Morgan fingerprint density at radius 2 is 1.11 bits per heavy atom. The van der Waals surface area contributed by atoms with Crippen molar-refractivity contribution >= 4 is 23.5 Å². The maximum atomic E-state index is 13.3. The summed E-state index contributed by atoms with van der Waals surface area (Å²) in [6, 6.07) is 33.8. The van der Waals surface area contributed by atoms with Crippen LogP contribution in [0.25, 0.3) is 0 Å². The van der Waals surface area contributed by atoms with Crippen LogP contribution in [0.15, 0.2) is 109 Å². The van der Waals surface area contributed by atoms with Crippen LogP contribution in [0.3, 0.4) is 0 Å². The standard InChI is InChI=1S/C31H21ClO4/c32-31-24-18-10-9-17-23(24)30(31)22-16-8-7-15-21(22)25(30)26(35-28(33)19-11-3-1-4-12-19)27(31)36-29(34)20-13-5-2-6-14-20/h1-18,25-27H/t25?,26?,27?,30-,31?/m1/s1. The molecule has 0 saturated heterocycles. The lowest BCUT2D eigenvalue weighted by molar-refractivity contribution is -0.0357. The Labute approximate surface area is 213 Å². The zero-order valence-corrected chi connectivity index (χ0v) is 19.9. The molecule has 1 spiro atoms. The van der Waals surface area contributed by atoms with Crippen LogP contribution in [0.2, 0.25) is 0 Å². The second kappa shape index (κ2) is 7.55. The molecule has 1 fully saturated rings. The minimum atomic E-state index is -1.06. The van der Waals surface area contributed by atoms with Gasteiger partial charge in [0.05, 0.1) is 16.5 Å². The van der Waals surface area contributed by atoms with E-state index in [1.54, 1.807) is 48.5 Å². The van der Waals surface area contributed by atoms with Crippen molar-refractivity contribution in [3.05, 3.63) is 143 Å². The van der Waals surface area contributed by atoms with E-state index in [1.165, 1.54) is 0 Å². The van der Waals surface area contributed by atoms with Crippen LogP contribution in [0, 0.1) is 0 Å². The lowest BCUT2D eigenvalue weighted by atomic mass is 9.43. The van der Waals surface area contributed by atoms with Crippen molar-refractivity contribution in [2.24, 2.45) is 0 Å². The molecule has 0 N–H and O–H groups in total. The third kappa shape index (κ3) is 2.50. The van der Waals surface area contributed by atoms with E-state index < -0.39 is 34.4 Å². The molecule has 0 radical (unpaired) electrons. The molecule has 5 heteroatoms. The largest absolute Gasteiger partial charge is 0.454 e. The number of esters is 2. The van der Waals surface area contributed by atoms with Crippen LogP contribution in [-0.4, -0.2) is 24.1 Å². The molecule has 0 heterocycles. The molecule has 0 amide bonds. The summed E-state index contributed by atoms with van der Waals surface area (Å²) in [5.74, 6) is -1.19. The van der Waals surface area contributed by atoms with Crippen molar-refractivity contribution in [1.82, 2.24) is 0 Å². The second-order valence-electron chi connectivity index (χ2n) is 9.56. The summed E-state index contributed by atoms with van der Waals surface area (Å²) in [5.41, 5.74) is 4.43. The molecule has 0 aromatic heterocycles. The highest BCUT2D eigenvalue weighted by atomic mass is 35.5. The third-order valence-corrected chi connectivity index (χ3v) is 8.74. The SMILES string of the molecule is O=C(OC1C(OC(=O)c2ccccc2)C2(Cl)c3ccccc3[C@@]23c2ccccc2C13)c1ccccc1. The minimum absolute atomic E-state index is 0.234. The smallest absolute Gasteiger partial charge is 0.338 e. The fraction of sp³-hybridized carbons (Fsp3) is 0.161. The highest BCUT2D eigenvalue weighted by Crippen LogP contribution is 2.80. The maximum Gasteiger partial charge on any atom is 0.338 e. The van der Waals surface area contributed by atoms with Crippen LogP contribution in [-0.2, 0) is 19.8 Å². The fourth-order valence-electron chi connectivity index (χ4n) is 6.68. The van der Waals surface area contributed by atoms with Gasteiger partial charge in [-0.25, -0.2) is 9.59 Å². The van der Waals surface area contributed by atoms with Gasteiger partial charge in [0.1, 0.15) is 11.0 Å². The number of halogens is 1. The Hall–Kier alpha value is -3.89. The van der Waals surface area contributed by atoms with E-state index in [0.29, 0.717) is 11.1 Å².